The van der Waals surface area contributed by atoms with Crippen LogP contribution in [0.25, 0.3) is 11.4 Å². The lowest BCUT2D eigenvalue weighted by atomic mass is 10.2. The van der Waals surface area contributed by atoms with E-state index in [1.807, 2.05) is 0 Å². The molecule has 0 aliphatic rings. The summed E-state index contributed by atoms with van der Waals surface area (Å²) in [6.07, 6.45) is -3.66. The van der Waals surface area contributed by atoms with E-state index in [2.05, 4.69) is 25.1 Å². The molecular formula is C17H14ClF3N4O4. The quantitative estimate of drug-likeness (QED) is 0.564. The van der Waals surface area contributed by atoms with Crippen LogP contribution in [0.5, 0.6) is 0 Å². The lowest BCUT2D eigenvalue weighted by Crippen LogP contribution is -2.27. The molecule has 0 saturated heterocycles. The molecule has 8 nitrogen and oxygen atoms in total. The van der Waals surface area contributed by atoms with Gasteiger partial charge in [-0.15, -0.1) is 0 Å². The molecule has 3 aromatic rings. The summed E-state index contributed by atoms with van der Waals surface area (Å²) in [6.45, 7) is 0.0358. The topological polar surface area (TPSA) is 114 Å². The normalized spacial score (nSPS) is 12.3. The molecule has 0 spiro atoms. The largest absolute Gasteiger partial charge is 0.393 e. The molecule has 2 N–H and O–H groups in total. The summed E-state index contributed by atoms with van der Waals surface area (Å²) >= 11 is 5.62. The summed E-state index contributed by atoms with van der Waals surface area (Å²) in [4.78, 5) is 15.9. The van der Waals surface area contributed by atoms with E-state index in [1.54, 1.807) is 0 Å². The number of hydrogen-bond donors (Lipinski definition) is 2. The van der Waals surface area contributed by atoms with Gasteiger partial charge in [0.05, 0.1) is 17.5 Å². The van der Waals surface area contributed by atoms with Crippen LogP contribution in [0.4, 0.5) is 13.2 Å². The lowest BCUT2D eigenvalue weighted by Gasteiger charge is -2.08. The summed E-state index contributed by atoms with van der Waals surface area (Å²) in [6, 6.07) is 4.88. The van der Waals surface area contributed by atoms with Crippen molar-refractivity contribution in [1.82, 2.24) is 20.6 Å². The van der Waals surface area contributed by atoms with Gasteiger partial charge in [-0.05, 0) is 24.6 Å². The van der Waals surface area contributed by atoms with Crippen molar-refractivity contribution in [3.05, 3.63) is 52.5 Å². The summed E-state index contributed by atoms with van der Waals surface area (Å²) < 4.78 is 47.9. The molecule has 1 atom stereocenters. The molecule has 0 fully saturated rings. The van der Waals surface area contributed by atoms with Crippen molar-refractivity contribution >= 4 is 17.5 Å². The van der Waals surface area contributed by atoms with Crippen molar-refractivity contribution in [2.45, 2.75) is 25.4 Å². The third-order valence-electron chi connectivity index (χ3n) is 3.80. The second kappa shape index (κ2) is 9.05. The zero-order valence-electron chi connectivity index (χ0n) is 14.6. The van der Waals surface area contributed by atoms with Crippen molar-refractivity contribution in [3.63, 3.8) is 0 Å². The smallest absolute Gasteiger partial charge is 0.289 e. The number of benzene rings is 1. The molecule has 12 heteroatoms. The van der Waals surface area contributed by atoms with E-state index < -0.39 is 29.9 Å². The van der Waals surface area contributed by atoms with Crippen molar-refractivity contribution in [3.8, 4) is 11.4 Å². The molecule has 2 heterocycles. The van der Waals surface area contributed by atoms with Crippen LogP contribution >= 0.6 is 11.6 Å². The van der Waals surface area contributed by atoms with Crippen LogP contribution in [0.15, 0.2) is 33.3 Å². The standard InChI is InChI=1S/C17H14ClF3N4O4/c18-10-2-1-8(5-11(10)19)16-23-14(29-25-16)6-9(26)3-4-22-17(27)13-7-12(15(20)21)24-28-13/h1-2,5,7,9,15,26H,3-4,6H2,(H,22,27). The minimum atomic E-state index is -2.84. The number of aromatic nitrogens is 3. The number of nitrogens with one attached hydrogen (secondary N) is 1. The fourth-order valence-corrected chi connectivity index (χ4v) is 2.45. The minimum absolute atomic E-state index is 0.00319. The fraction of sp³-hybridized carbons (Fsp3) is 0.294. The molecule has 3 rings (SSSR count). The van der Waals surface area contributed by atoms with Crippen molar-refractivity contribution in [1.29, 1.82) is 0 Å². The maximum Gasteiger partial charge on any atom is 0.289 e. The highest BCUT2D eigenvalue weighted by molar-refractivity contribution is 6.30. The first-order valence-corrected chi connectivity index (χ1v) is 8.70. The molecule has 154 valence electrons. The molecule has 0 saturated carbocycles. The predicted octanol–water partition coefficient (Wildman–Crippen LogP) is 3.18. The van der Waals surface area contributed by atoms with Crippen LogP contribution < -0.4 is 5.32 Å². The summed E-state index contributed by atoms with van der Waals surface area (Å²) in [5.41, 5.74) is -0.276. The number of halogens is 4. The van der Waals surface area contributed by atoms with Crippen LogP contribution in [0.3, 0.4) is 0 Å². The minimum Gasteiger partial charge on any atom is -0.393 e. The van der Waals surface area contributed by atoms with Crippen LogP contribution in [0.1, 0.15) is 35.0 Å². The molecule has 1 unspecified atom stereocenters. The van der Waals surface area contributed by atoms with Gasteiger partial charge in [-0.3, -0.25) is 4.79 Å². The SMILES string of the molecule is O=C(NCCC(O)Cc1nc(-c2ccc(Cl)c(F)c2)no1)c1cc(C(F)F)no1. The number of aliphatic hydroxyl groups excluding tert-OH is 1. The van der Waals surface area contributed by atoms with Crippen LogP contribution in [-0.2, 0) is 6.42 Å². The van der Waals surface area contributed by atoms with Crippen LogP contribution in [0, 0.1) is 5.82 Å². The van der Waals surface area contributed by atoms with Gasteiger partial charge >= 0.3 is 0 Å². The van der Waals surface area contributed by atoms with Gasteiger partial charge in [0.25, 0.3) is 12.3 Å². The van der Waals surface area contributed by atoms with Crippen LogP contribution in [-0.4, -0.2) is 39.0 Å². The molecule has 0 aliphatic carbocycles. The highest BCUT2D eigenvalue weighted by Gasteiger charge is 2.19. The Balaban J connectivity index is 1.48. The van der Waals surface area contributed by atoms with E-state index in [-0.39, 0.29) is 41.9 Å². The Morgan fingerprint density at radius 1 is 1.24 bits per heavy atom. The Morgan fingerprint density at radius 2 is 2.03 bits per heavy atom. The monoisotopic (exact) mass is 430 g/mol. The van der Waals surface area contributed by atoms with Gasteiger partial charge in [0.1, 0.15) is 5.82 Å². The first kappa shape index (κ1) is 20.8. The number of nitrogens with zero attached hydrogens (tertiary/aromatic N) is 3. The number of hydrogen-bond acceptors (Lipinski definition) is 7. The average molecular weight is 431 g/mol. The Labute approximate surface area is 166 Å². The van der Waals surface area contributed by atoms with Gasteiger partial charge < -0.3 is 19.5 Å². The van der Waals surface area contributed by atoms with Gasteiger partial charge in [0, 0.05) is 18.2 Å². The molecule has 2 aromatic heterocycles. The summed E-state index contributed by atoms with van der Waals surface area (Å²) in [5.74, 6) is -1.46. The van der Waals surface area contributed by atoms with Gasteiger partial charge in [0.2, 0.25) is 17.5 Å². The number of alkyl halides is 2. The average Bonchev–Trinajstić information content (AvgIpc) is 3.33. The predicted molar refractivity (Wildman–Crippen MR) is 92.8 cm³/mol. The van der Waals surface area contributed by atoms with E-state index in [4.69, 9.17) is 16.1 Å². The maximum absolute atomic E-state index is 13.5. The first-order chi connectivity index (χ1) is 13.8. The van der Waals surface area contributed by atoms with E-state index in [0.717, 1.165) is 12.1 Å². The van der Waals surface area contributed by atoms with Crippen LogP contribution in [0.2, 0.25) is 5.02 Å². The number of carbonyl (C=O) groups excluding carboxylic acids is 1. The first-order valence-electron chi connectivity index (χ1n) is 8.32. The zero-order valence-corrected chi connectivity index (χ0v) is 15.4. The van der Waals surface area contributed by atoms with Gasteiger partial charge in [-0.2, -0.15) is 4.98 Å². The number of amides is 1. The highest BCUT2D eigenvalue weighted by Crippen LogP contribution is 2.22. The molecular weight excluding hydrogens is 417 g/mol. The maximum atomic E-state index is 13.5. The van der Waals surface area contributed by atoms with Gasteiger partial charge in [0.15, 0.2) is 5.69 Å². The fourth-order valence-electron chi connectivity index (χ4n) is 2.33. The Hall–Kier alpha value is -2.92. The zero-order chi connectivity index (χ0) is 21.0. The highest BCUT2D eigenvalue weighted by atomic mass is 35.5. The Kier molecular flexibility index (Phi) is 6.49. The Bertz CT molecular complexity index is 995. The number of aliphatic hydroxyl groups is 1. The summed E-state index contributed by atoms with van der Waals surface area (Å²) in [5, 5.41) is 19.2. The van der Waals surface area contributed by atoms with Crippen molar-refractivity contribution in [2.75, 3.05) is 6.54 Å². The molecule has 1 amide bonds. The second-order valence-electron chi connectivity index (χ2n) is 5.96. The van der Waals surface area contributed by atoms with Crippen molar-refractivity contribution < 1.29 is 32.1 Å². The van der Waals surface area contributed by atoms with Gasteiger partial charge in [-0.25, -0.2) is 13.2 Å². The van der Waals surface area contributed by atoms with Gasteiger partial charge in [-0.1, -0.05) is 21.9 Å². The van der Waals surface area contributed by atoms with E-state index in [9.17, 15) is 23.1 Å². The second-order valence-corrected chi connectivity index (χ2v) is 6.37. The lowest BCUT2D eigenvalue weighted by molar-refractivity contribution is 0.0902. The molecule has 0 aliphatic heterocycles. The number of rotatable bonds is 8. The van der Waals surface area contributed by atoms with E-state index >= 15 is 0 Å². The molecule has 0 radical (unpaired) electrons. The summed E-state index contributed by atoms with van der Waals surface area (Å²) in [7, 11) is 0. The third-order valence-corrected chi connectivity index (χ3v) is 4.10. The van der Waals surface area contributed by atoms with Crippen molar-refractivity contribution in [2.24, 2.45) is 0 Å². The van der Waals surface area contributed by atoms with E-state index in [0.29, 0.717) is 5.56 Å². The third kappa shape index (κ3) is 5.33. The number of carbonyl (C=O) groups is 1. The molecule has 1 aromatic carbocycles. The Morgan fingerprint density at radius 3 is 2.72 bits per heavy atom. The molecule has 29 heavy (non-hydrogen) atoms. The molecule has 0 bridgehead atoms. The van der Waals surface area contributed by atoms with E-state index in [1.165, 1.54) is 12.1 Å².